The molecule has 0 spiro atoms. The molecule has 2 N–H and O–H groups in total. The van der Waals surface area contributed by atoms with Crippen LogP contribution in [0.3, 0.4) is 0 Å². The highest BCUT2D eigenvalue weighted by atomic mass is 16.5. The molecule has 1 aliphatic carbocycles. The Balaban J connectivity index is 1.69. The number of hydrogen-bond donors (Lipinski definition) is 1. The third kappa shape index (κ3) is 3.50. The van der Waals surface area contributed by atoms with Crippen LogP contribution in [0.2, 0.25) is 0 Å². The Labute approximate surface area is 127 Å². The molecular weight excluding hydrogens is 264 g/mol. The lowest BCUT2D eigenvalue weighted by molar-refractivity contribution is -0.0281. The van der Waals surface area contributed by atoms with Crippen molar-refractivity contribution in [1.82, 2.24) is 4.90 Å². The van der Waals surface area contributed by atoms with Crippen molar-refractivity contribution in [2.24, 2.45) is 0 Å². The number of nitrogen functional groups attached to an aromatic ring is 1. The van der Waals surface area contributed by atoms with Crippen LogP contribution in [0.1, 0.15) is 31.2 Å². The van der Waals surface area contributed by atoms with Crippen LogP contribution in [0.15, 0.2) is 18.2 Å². The quantitative estimate of drug-likeness (QED) is 0.869. The van der Waals surface area contributed by atoms with Gasteiger partial charge in [0.15, 0.2) is 0 Å². The lowest BCUT2D eigenvalue weighted by atomic mass is 9.91. The second-order valence-corrected chi connectivity index (χ2v) is 6.17. The van der Waals surface area contributed by atoms with Crippen LogP contribution in [0.25, 0.3) is 0 Å². The molecule has 4 heteroatoms. The van der Waals surface area contributed by atoms with E-state index in [9.17, 15) is 0 Å². The molecule has 3 rings (SSSR count). The van der Waals surface area contributed by atoms with Gasteiger partial charge < -0.3 is 15.2 Å². The van der Waals surface area contributed by atoms with Gasteiger partial charge in [0, 0.05) is 24.8 Å². The van der Waals surface area contributed by atoms with Crippen LogP contribution in [0.4, 0.5) is 5.69 Å². The summed E-state index contributed by atoms with van der Waals surface area (Å²) in [4.78, 5) is 2.55. The average molecular weight is 290 g/mol. The van der Waals surface area contributed by atoms with E-state index in [2.05, 4.69) is 11.0 Å². The van der Waals surface area contributed by atoms with Crippen molar-refractivity contribution >= 4 is 5.69 Å². The van der Waals surface area contributed by atoms with Gasteiger partial charge in [-0.3, -0.25) is 4.90 Å². The summed E-state index contributed by atoms with van der Waals surface area (Å²) in [7, 11) is 0. The second kappa shape index (κ2) is 6.67. The molecule has 1 heterocycles. The normalized spacial score (nSPS) is 27.5. The Kier molecular flexibility index (Phi) is 4.66. The van der Waals surface area contributed by atoms with Crippen LogP contribution in [-0.4, -0.2) is 43.3 Å². The highest BCUT2D eigenvalue weighted by Gasteiger charge is 2.32. The van der Waals surface area contributed by atoms with E-state index in [4.69, 9.17) is 15.2 Å². The SMILES string of the molecule is Cc1cc(OC2CCCCC2N2CCOCC2)ccc1N. The summed E-state index contributed by atoms with van der Waals surface area (Å²) in [5.74, 6) is 0.951. The number of nitrogens with zero attached hydrogens (tertiary/aromatic N) is 1. The van der Waals surface area contributed by atoms with E-state index in [1.807, 2.05) is 19.1 Å². The molecule has 2 atom stereocenters. The number of benzene rings is 1. The van der Waals surface area contributed by atoms with Gasteiger partial charge in [-0.15, -0.1) is 0 Å². The summed E-state index contributed by atoms with van der Waals surface area (Å²) in [6, 6.07) is 6.52. The molecule has 0 radical (unpaired) electrons. The van der Waals surface area contributed by atoms with Crippen molar-refractivity contribution in [3.63, 3.8) is 0 Å². The highest BCUT2D eigenvalue weighted by molar-refractivity contribution is 5.49. The van der Waals surface area contributed by atoms with Gasteiger partial charge in [-0.2, -0.15) is 0 Å². The van der Waals surface area contributed by atoms with Crippen LogP contribution < -0.4 is 10.5 Å². The summed E-state index contributed by atoms with van der Waals surface area (Å²) in [5, 5.41) is 0. The molecule has 2 aliphatic rings. The largest absolute Gasteiger partial charge is 0.489 e. The summed E-state index contributed by atoms with van der Waals surface area (Å²) in [6.07, 6.45) is 5.24. The van der Waals surface area contributed by atoms with E-state index < -0.39 is 0 Å². The third-order valence-corrected chi connectivity index (χ3v) is 4.71. The zero-order valence-electron chi connectivity index (χ0n) is 12.9. The molecule has 1 aromatic carbocycles. The van der Waals surface area contributed by atoms with Crippen molar-refractivity contribution < 1.29 is 9.47 Å². The highest BCUT2D eigenvalue weighted by Crippen LogP contribution is 2.29. The van der Waals surface area contributed by atoms with Crippen LogP contribution in [0, 0.1) is 6.92 Å². The first kappa shape index (κ1) is 14.7. The number of anilines is 1. The summed E-state index contributed by atoms with van der Waals surface area (Å²) in [6.45, 7) is 5.80. The van der Waals surface area contributed by atoms with Gasteiger partial charge in [-0.1, -0.05) is 6.42 Å². The van der Waals surface area contributed by atoms with Crippen molar-refractivity contribution in [3.05, 3.63) is 23.8 Å². The minimum absolute atomic E-state index is 0.292. The van der Waals surface area contributed by atoms with Gasteiger partial charge in [0.2, 0.25) is 0 Å². The van der Waals surface area contributed by atoms with Gasteiger partial charge in [-0.25, -0.2) is 0 Å². The van der Waals surface area contributed by atoms with Gasteiger partial charge in [0.1, 0.15) is 11.9 Å². The van der Waals surface area contributed by atoms with E-state index >= 15 is 0 Å². The van der Waals surface area contributed by atoms with Crippen molar-refractivity contribution in [3.8, 4) is 5.75 Å². The van der Waals surface area contributed by atoms with Crippen LogP contribution >= 0.6 is 0 Å². The Hall–Kier alpha value is -1.26. The molecule has 1 aliphatic heterocycles. The molecule has 21 heavy (non-hydrogen) atoms. The predicted molar refractivity (Wildman–Crippen MR) is 84.7 cm³/mol. The number of hydrogen-bond acceptors (Lipinski definition) is 4. The zero-order chi connectivity index (χ0) is 14.7. The third-order valence-electron chi connectivity index (χ3n) is 4.71. The topological polar surface area (TPSA) is 47.7 Å². The minimum Gasteiger partial charge on any atom is -0.489 e. The minimum atomic E-state index is 0.292. The van der Waals surface area contributed by atoms with E-state index in [0.29, 0.717) is 12.1 Å². The molecule has 116 valence electrons. The summed E-state index contributed by atoms with van der Waals surface area (Å²) in [5.41, 5.74) is 7.81. The lowest BCUT2D eigenvalue weighted by Crippen LogP contribution is -2.52. The van der Waals surface area contributed by atoms with E-state index in [-0.39, 0.29) is 0 Å². The lowest BCUT2D eigenvalue weighted by Gasteiger charge is -2.41. The molecule has 0 aromatic heterocycles. The molecule has 0 bridgehead atoms. The molecule has 2 unspecified atom stereocenters. The molecule has 2 fully saturated rings. The van der Waals surface area contributed by atoms with Gasteiger partial charge >= 0.3 is 0 Å². The first-order valence-corrected chi connectivity index (χ1v) is 8.08. The maximum atomic E-state index is 6.32. The fraction of sp³-hybridized carbons (Fsp3) is 0.647. The van der Waals surface area contributed by atoms with Gasteiger partial charge in [0.05, 0.1) is 13.2 Å². The Morgan fingerprint density at radius 3 is 2.71 bits per heavy atom. The van der Waals surface area contributed by atoms with Crippen LogP contribution in [0.5, 0.6) is 5.75 Å². The number of aryl methyl sites for hydroxylation is 1. The molecule has 4 nitrogen and oxygen atoms in total. The second-order valence-electron chi connectivity index (χ2n) is 6.17. The maximum absolute atomic E-state index is 6.32. The number of morpholine rings is 1. The molecular formula is C17H26N2O2. The number of ether oxygens (including phenoxy) is 2. The van der Waals surface area contributed by atoms with Crippen molar-refractivity contribution in [2.45, 2.75) is 44.8 Å². The summed E-state index contributed by atoms with van der Waals surface area (Å²) >= 11 is 0. The first-order valence-electron chi connectivity index (χ1n) is 8.08. The molecule has 1 saturated heterocycles. The fourth-order valence-electron chi connectivity index (χ4n) is 3.44. The van der Waals surface area contributed by atoms with E-state index in [0.717, 1.165) is 49.7 Å². The maximum Gasteiger partial charge on any atom is 0.120 e. The first-order chi connectivity index (χ1) is 10.2. The smallest absolute Gasteiger partial charge is 0.120 e. The fourth-order valence-corrected chi connectivity index (χ4v) is 3.44. The predicted octanol–water partition coefficient (Wildman–Crippen LogP) is 2.60. The molecule has 1 aromatic rings. The average Bonchev–Trinajstić information content (AvgIpc) is 2.52. The van der Waals surface area contributed by atoms with Crippen molar-refractivity contribution in [2.75, 3.05) is 32.0 Å². The molecule has 0 amide bonds. The van der Waals surface area contributed by atoms with Gasteiger partial charge in [0.25, 0.3) is 0 Å². The van der Waals surface area contributed by atoms with Gasteiger partial charge in [-0.05, 0) is 49.9 Å². The Morgan fingerprint density at radius 1 is 1.19 bits per heavy atom. The van der Waals surface area contributed by atoms with Crippen molar-refractivity contribution in [1.29, 1.82) is 0 Å². The Morgan fingerprint density at radius 2 is 1.95 bits per heavy atom. The zero-order valence-corrected chi connectivity index (χ0v) is 12.9. The monoisotopic (exact) mass is 290 g/mol. The number of nitrogens with two attached hydrogens (primary N) is 1. The number of rotatable bonds is 3. The standard InChI is InChI=1S/C17H26N2O2/c1-13-12-14(6-7-15(13)18)21-17-5-3-2-4-16(17)19-8-10-20-11-9-19/h6-7,12,16-17H,2-5,8-11,18H2,1H3. The van der Waals surface area contributed by atoms with Crippen LogP contribution in [-0.2, 0) is 4.74 Å². The van der Waals surface area contributed by atoms with E-state index in [1.54, 1.807) is 0 Å². The Bertz CT molecular complexity index is 472. The van der Waals surface area contributed by atoms with E-state index in [1.165, 1.54) is 19.3 Å². The molecule has 1 saturated carbocycles. The summed E-state index contributed by atoms with van der Waals surface area (Å²) < 4.78 is 11.8.